The van der Waals surface area contributed by atoms with Crippen molar-refractivity contribution in [3.05, 3.63) is 85.1 Å². The summed E-state index contributed by atoms with van der Waals surface area (Å²) in [4.78, 5) is 35.7. The SMILES string of the molecule is CC/C=C\C/C=C\C/C=C\C/C=C\C/C=C\C/C=C\CCC(=O)OC(COC(=O)CCCCCCCCCCCCCCCCCCCCCCCCCCCCC/C=C\CCCCCCCCCC)COP(=O)(O)OCC[N+](C)(C)C. The Labute approximate surface area is 507 Å². The van der Waals surface area contributed by atoms with Crippen molar-refractivity contribution in [1.29, 1.82) is 0 Å². The summed E-state index contributed by atoms with van der Waals surface area (Å²) in [6, 6.07) is 0. The van der Waals surface area contributed by atoms with Gasteiger partial charge in [0.05, 0.1) is 27.7 Å². The second-order valence-electron chi connectivity index (χ2n) is 24.2. The van der Waals surface area contributed by atoms with Crippen molar-refractivity contribution in [2.45, 2.75) is 315 Å². The molecular formula is C72H131NO8P+. The molecule has 476 valence electrons. The molecule has 0 rings (SSSR count). The second kappa shape index (κ2) is 62.7. The number of esters is 2. The molecule has 0 aromatic carbocycles. The average Bonchev–Trinajstić information content (AvgIpc) is 3.46. The first-order valence-corrected chi connectivity index (χ1v) is 35.8. The molecule has 0 amide bonds. The number of allylic oxidation sites excluding steroid dienone is 14. The molecule has 0 fully saturated rings. The highest BCUT2D eigenvalue weighted by atomic mass is 31.2. The molecule has 0 radical (unpaired) electrons. The fourth-order valence-electron chi connectivity index (χ4n) is 9.69. The monoisotopic (exact) mass is 1170 g/mol. The van der Waals surface area contributed by atoms with Crippen LogP contribution in [0.25, 0.3) is 0 Å². The van der Waals surface area contributed by atoms with Crippen LogP contribution < -0.4 is 0 Å². The zero-order chi connectivity index (χ0) is 59.8. The highest BCUT2D eigenvalue weighted by Crippen LogP contribution is 2.43. The van der Waals surface area contributed by atoms with Gasteiger partial charge in [-0.2, -0.15) is 0 Å². The molecule has 0 aliphatic rings. The summed E-state index contributed by atoms with van der Waals surface area (Å²) >= 11 is 0. The maximum absolute atomic E-state index is 12.8. The fourth-order valence-corrected chi connectivity index (χ4v) is 10.4. The molecule has 1 N–H and O–H groups in total. The minimum absolute atomic E-state index is 0.0157. The van der Waals surface area contributed by atoms with Crippen LogP contribution in [0.2, 0.25) is 0 Å². The van der Waals surface area contributed by atoms with Gasteiger partial charge in [-0.1, -0.05) is 304 Å². The Morgan fingerprint density at radius 3 is 1.09 bits per heavy atom. The molecule has 82 heavy (non-hydrogen) atoms. The van der Waals surface area contributed by atoms with E-state index < -0.39 is 26.5 Å². The normalized spacial score (nSPS) is 13.7. The number of nitrogens with zero attached hydrogens (tertiary/aromatic N) is 1. The van der Waals surface area contributed by atoms with Gasteiger partial charge in [0.1, 0.15) is 19.8 Å². The zero-order valence-corrected chi connectivity index (χ0v) is 55.1. The molecule has 2 unspecified atom stereocenters. The van der Waals surface area contributed by atoms with E-state index in [-0.39, 0.29) is 32.0 Å². The number of phosphoric acid groups is 1. The zero-order valence-electron chi connectivity index (χ0n) is 54.2. The standard InChI is InChI=1S/C72H130NO8P/c1-6-8-10-12-14-16-18-20-22-24-26-27-28-29-30-31-32-33-34-35-36-37-38-39-40-41-42-43-44-45-47-48-50-52-54-56-58-60-62-64-71(74)78-68-70(69-80-82(76,77)79-67-66-73(3,4)5)81-72(75)65-63-61-59-57-55-53-51-49-46-25-23-21-19-17-15-13-11-9-7-2/h9,11,15,17,21,23-24,26,46,49,53,55,59,61,70H,6-8,10,12-14,16,18-20,22,25,27-45,47-48,50-52,54,56-58,60,62-69H2,1-5H3/p+1/b11-9-,17-15-,23-21-,26-24-,49-46-,55-53-,61-59-. The minimum Gasteiger partial charge on any atom is -0.462 e. The Morgan fingerprint density at radius 1 is 0.390 bits per heavy atom. The lowest BCUT2D eigenvalue weighted by atomic mass is 10.0. The van der Waals surface area contributed by atoms with Crippen LogP contribution in [0.3, 0.4) is 0 Å². The summed E-state index contributed by atoms with van der Waals surface area (Å²) in [6.07, 6.45) is 85.9. The van der Waals surface area contributed by atoms with Gasteiger partial charge in [-0.3, -0.25) is 18.6 Å². The van der Waals surface area contributed by atoms with Gasteiger partial charge in [0.25, 0.3) is 0 Å². The number of hydrogen-bond donors (Lipinski definition) is 1. The third kappa shape index (κ3) is 66.3. The van der Waals surface area contributed by atoms with Gasteiger partial charge in [0.2, 0.25) is 0 Å². The number of carbonyl (C=O) groups is 2. The van der Waals surface area contributed by atoms with Crippen LogP contribution in [0.4, 0.5) is 0 Å². The van der Waals surface area contributed by atoms with Crippen molar-refractivity contribution in [2.75, 3.05) is 47.5 Å². The number of unbranched alkanes of at least 4 members (excludes halogenated alkanes) is 35. The molecule has 0 aliphatic carbocycles. The van der Waals surface area contributed by atoms with Crippen LogP contribution in [0.1, 0.15) is 309 Å². The van der Waals surface area contributed by atoms with Gasteiger partial charge in [0.15, 0.2) is 6.10 Å². The second-order valence-corrected chi connectivity index (χ2v) is 25.6. The van der Waals surface area contributed by atoms with Crippen LogP contribution in [0.15, 0.2) is 85.1 Å². The molecule has 0 spiro atoms. The van der Waals surface area contributed by atoms with Crippen LogP contribution in [0.5, 0.6) is 0 Å². The first-order valence-electron chi connectivity index (χ1n) is 34.3. The third-order valence-corrected chi connectivity index (χ3v) is 15.9. The third-order valence-electron chi connectivity index (χ3n) is 14.9. The molecule has 2 atom stereocenters. The van der Waals surface area contributed by atoms with Gasteiger partial charge in [-0.25, -0.2) is 4.57 Å². The largest absolute Gasteiger partial charge is 0.472 e. The van der Waals surface area contributed by atoms with Crippen LogP contribution in [-0.4, -0.2) is 74.9 Å². The van der Waals surface area contributed by atoms with Crippen LogP contribution in [-0.2, 0) is 32.7 Å². The molecule has 9 nitrogen and oxygen atoms in total. The van der Waals surface area contributed by atoms with E-state index in [9.17, 15) is 19.0 Å². The Balaban J connectivity index is 3.96. The molecule has 0 bridgehead atoms. The Kier molecular flexibility index (Phi) is 60.6. The quantitative estimate of drug-likeness (QED) is 0.0211. The van der Waals surface area contributed by atoms with Crippen molar-refractivity contribution in [2.24, 2.45) is 0 Å². The van der Waals surface area contributed by atoms with E-state index in [1.807, 2.05) is 33.3 Å². The van der Waals surface area contributed by atoms with Gasteiger partial charge < -0.3 is 18.9 Å². The molecule has 10 heteroatoms. The summed E-state index contributed by atoms with van der Waals surface area (Å²) in [7, 11) is 1.43. The number of phosphoric ester groups is 1. The molecule has 0 heterocycles. The van der Waals surface area contributed by atoms with Crippen molar-refractivity contribution in [3.63, 3.8) is 0 Å². The topological polar surface area (TPSA) is 108 Å². The van der Waals surface area contributed by atoms with E-state index in [2.05, 4.69) is 86.8 Å². The van der Waals surface area contributed by atoms with E-state index in [1.54, 1.807) is 0 Å². The van der Waals surface area contributed by atoms with E-state index in [0.717, 1.165) is 57.8 Å². The Hall–Kier alpha value is -2.81. The highest BCUT2D eigenvalue weighted by Gasteiger charge is 2.27. The predicted molar refractivity (Wildman–Crippen MR) is 353 cm³/mol. The summed E-state index contributed by atoms with van der Waals surface area (Å²) in [5.41, 5.74) is 0. The van der Waals surface area contributed by atoms with Crippen molar-refractivity contribution in [1.82, 2.24) is 0 Å². The van der Waals surface area contributed by atoms with E-state index in [4.69, 9.17) is 18.5 Å². The fraction of sp³-hybridized carbons (Fsp3) is 0.778. The number of hydrogen-bond acceptors (Lipinski definition) is 7. The van der Waals surface area contributed by atoms with E-state index >= 15 is 0 Å². The van der Waals surface area contributed by atoms with Crippen molar-refractivity contribution < 1.29 is 42.1 Å². The lowest BCUT2D eigenvalue weighted by Gasteiger charge is -2.24. The molecular weight excluding hydrogens is 1040 g/mol. The molecule has 0 aliphatic heterocycles. The maximum Gasteiger partial charge on any atom is 0.472 e. The summed E-state index contributed by atoms with van der Waals surface area (Å²) < 4.78 is 34.5. The molecule has 0 saturated heterocycles. The Morgan fingerprint density at radius 2 is 0.720 bits per heavy atom. The van der Waals surface area contributed by atoms with Crippen molar-refractivity contribution in [3.8, 4) is 0 Å². The summed E-state index contributed by atoms with van der Waals surface area (Å²) in [5.74, 6) is -0.889. The minimum atomic E-state index is -4.41. The van der Waals surface area contributed by atoms with Gasteiger partial charge in [-0.05, 0) is 77.0 Å². The van der Waals surface area contributed by atoms with E-state index in [1.165, 1.54) is 218 Å². The molecule has 0 aromatic rings. The highest BCUT2D eigenvalue weighted by molar-refractivity contribution is 7.47. The van der Waals surface area contributed by atoms with Gasteiger partial charge in [0, 0.05) is 12.8 Å². The lowest BCUT2D eigenvalue weighted by molar-refractivity contribution is -0.870. The summed E-state index contributed by atoms with van der Waals surface area (Å²) in [6.45, 7) is 4.26. The number of quaternary nitrogens is 1. The van der Waals surface area contributed by atoms with Gasteiger partial charge >= 0.3 is 19.8 Å². The summed E-state index contributed by atoms with van der Waals surface area (Å²) in [5, 5.41) is 0. The number of carbonyl (C=O) groups excluding carboxylic acids is 2. The lowest BCUT2D eigenvalue weighted by Crippen LogP contribution is -2.37. The number of likely N-dealkylation sites (N-methyl/N-ethyl adjacent to an activating group) is 1. The Bertz CT molecular complexity index is 1660. The predicted octanol–water partition coefficient (Wildman–Crippen LogP) is 22.2. The molecule has 0 aromatic heterocycles. The number of ether oxygens (including phenoxy) is 2. The van der Waals surface area contributed by atoms with Crippen LogP contribution >= 0.6 is 7.82 Å². The molecule has 0 saturated carbocycles. The van der Waals surface area contributed by atoms with E-state index in [0.29, 0.717) is 17.4 Å². The van der Waals surface area contributed by atoms with Gasteiger partial charge in [-0.15, -0.1) is 0 Å². The maximum atomic E-state index is 12.8. The first kappa shape index (κ1) is 79.2. The average molecular weight is 1170 g/mol. The first-order chi connectivity index (χ1) is 40.0. The van der Waals surface area contributed by atoms with Crippen molar-refractivity contribution >= 4 is 19.8 Å². The number of rotatable bonds is 63. The van der Waals surface area contributed by atoms with Crippen LogP contribution in [0, 0.1) is 0 Å². The smallest absolute Gasteiger partial charge is 0.462 e.